The average Bonchev–Trinajstić information content (AvgIpc) is 3.83. The van der Waals surface area contributed by atoms with E-state index in [1.807, 2.05) is 5.32 Å². The van der Waals surface area contributed by atoms with E-state index >= 15 is 0 Å². The van der Waals surface area contributed by atoms with Crippen LogP contribution in [0.5, 0.6) is 11.5 Å². The molecule has 0 radical (unpaired) electrons. The van der Waals surface area contributed by atoms with Gasteiger partial charge in [0.25, 0.3) is 5.69 Å². The topological polar surface area (TPSA) is 266 Å². The van der Waals surface area contributed by atoms with Crippen LogP contribution in [-0.2, 0) is 34.8 Å². The number of halogens is 3. The number of hydrogen-bond acceptors (Lipinski definition) is 14. The first-order valence-electron chi connectivity index (χ1n) is 15.9. The van der Waals surface area contributed by atoms with E-state index in [-0.39, 0.29) is 43.4 Å². The van der Waals surface area contributed by atoms with Crippen LogP contribution in [-0.4, -0.2) is 91.2 Å². The second kappa shape index (κ2) is 22.2. The molecule has 1 atom stereocenters. The molecule has 23 heteroatoms. The maximum atomic E-state index is 12.6. The van der Waals surface area contributed by atoms with E-state index in [0.717, 1.165) is 32.3 Å². The van der Waals surface area contributed by atoms with Gasteiger partial charge in [0.1, 0.15) is 24.7 Å². The van der Waals surface area contributed by atoms with E-state index in [2.05, 4.69) is 28.7 Å². The molecule has 1 aliphatic carbocycles. The number of methoxy groups -OCH3 is 1. The van der Waals surface area contributed by atoms with Gasteiger partial charge in [0, 0.05) is 39.9 Å². The smallest absolute Gasteiger partial charge is 0.345 e. The molecule has 1 fully saturated rings. The maximum Gasteiger partial charge on any atom is 0.345 e. The number of carboxylic acid groups (broad SMARTS) is 1. The third kappa shape index (κ3) is 17.2. The summed E-state index contributed by atoms with van der Waals surface area (Å²) in [5.74, 6) is -1.16. The van der Waals surface area contributed by atoms with Gasteiger partial charge in [-0.3, -0.25) is 25.0 Å². The van der Waals surface area contributed by atoms with E-state index in [1.54, 1.807) is 12.1 Å². The molecule has 4 aromatic rings. The molecule has 0 aliphatic heterocycles. The number of nitrogens with one attached hydrogen (secondary N) is 1. The number of ether oxygens (including phenoxy) is 2. The first-order valence-corrected chi connectivity index (χ1v) is 23.1. The van der Waals surface area contributed by atoms with Crippen LogP contribution in [0.4, 0.5) is 5.69 Å². The second-order valence-corrected chi connectivity index (χ2v) is 19.4. The summed E-state index contributed by atoms with van der Waals surface area (Å²) in [5.41, 5.74) is -0.173. The average molecular weight is 913 g/mol. The Bertz CT molecular complexity index is 2230. The summed E-state index contributed by atoms with van der Waals surface area (Å²) in [4.78, 5) is 62.2. The number of nitrogens with zero attached hydrogens (tertiary/aromatic N) is 2. The lowest BCUT2D eigenvalue weighted by atomic mass is 10.0. The monoisotopic (exact) mass is 911 g/mol. The first kappa shape index (κ1) is 49.1. The minimum absolute atomic E-state index is 0.0806. The van der Waals surface area contributed by atoms with Gasteiger partial charge in [-0.1, -0.05) is 40.0 Å². The van der Waals surface area contributed by atoms with Gasteiger partial charge in [-0.15, -0.1) is 0 Å². The highest BCUT2D eigenvalue weighted by Crippen LogP contribution is 2.42. The van der Waals surface area contributed by atoms with E-state index in [4.69, 9.17) is 54.1 Å². The van der Waals surface area contributed by atoms with Crippen LogP contribution in [0.2, 0.25) is 15.1 Å². The quantitative estimate of drug-likeness (QED) is 0.0369. The summed E-state index contributed by atoms with van der Waals surface area (Å²) in [6.45, 7) is -0.479. The molecule has 17 nitrogen and oxygen atoms in total. The van der Waals surface area contributed by atoms with Crippen molar-refractivity contribution in [2.24, 2.45) is 0 Å². The zero-order chi connectivity index (χ0) is 43.2. The molecule has 3 aromatic carbocycles. The summed E-state index contributed by atoms with van der Waals surface area (Å²) in [5, 5.41) is 25.5. The number of nitro groups is 1. The lowest BCUT2D eigenvalue weighted by molar-refractivity contribution is -0.385. The van der Waals surface area contributed by atoms with Crippen molar-refractivity contribution < 1.29 is 61.2 Å². The number of ketones is 1. The fraction of sp³-hybridized carbons (Fsp3) is 0.294. The van der Waals surface area contributed by atoms with Gasteiger partial charge in [-0.05, 0) is 66.2 Å². The Morgan fingerprint density at radius 2 is 1.61 bits per heavy atom. The number of sulfone groups is 1. The van der Waals surface area contributed by atoms with Gasteiger partial charge in [-0.25, -0.2) is 13.2 Å². The van der Waals surface area contributed by atoms with Crippen molar-refractivity contribution in [3.63, 3.8) is 0 Å². The number of hydrogen-bond donors (Lipinski definition) is 3. The Hall–Kier alpha value is -4.04. The summed E-state index contributed by atoms with van der Waals surface area (Å²) in [6, 6.07) is 12.5. The summed E-state index contributed by atoms with van der Waals surface area (Å²) in [7, 11) is -6.14. The highest BCUT2D eigenvalue weighted by atomic mass is 35.5. The van der Waals surface area contributed by atoms with Gasteiger partial charge in [0.15, 0.2) is 21.4 Å². The Labute approximate surface area is 345 Å². The zero-order valence-corrected chi connectivity index (χ0v) is 35.6. The first-order chi connectivity index (χ1) is 26.4. The third-order valence-corrected chi connectivity index (χ3v) is 9.18. The van der Waals surface area contributed by atoms with Crippen LogP contribution in [0.25, 0.3) is 0 Å². The fourth-order valence-electron chi connectivity index (χ4n) is 4.20. The van der Waals surface area contributed by atoms with E-state index in [9.17, 15) is 42.4 Å². The molecule has 3 N–H and O–H groups in total. The maximum absolute atomic E-state index is 12.6. The number of benzene rings is 3. The standard InChI is InChI=1S/C14H9Cl2NO5.C14H12ClNO4S.C3H8NO5P.C3H9S/c1-21-14(18)10-7-9(3-4-12(10)17(19)20)22-13-5-2-8(15)6-11(13)16;1-21(18,19)12-6-9(15)4-5-10(12)13(17)11-7-16-20-14(11)8-2-3-8;5-3(6)1-4-2-10(7,8)9;1-4(2)3/h2-7H,1H3;4-8H,2-3H2,1H3;4H,1-2H2,(H,5,6)(H2,7,8,9);1-3H3/q;;;+1/p-1. The Kier molecular flexibility index (Phi) is 19.1. The number of aromatic nitrogens is 1. The summed E-state index contributed by atoms with van der Waals surface area (Å²) < 4.78 is 48.8. The van der Waals surface area contributed by atoms with Crippen LogP contribution >= 0.6 is 42.4 Å². The lowest BCUT2D eigenvalue weighted by Crippen LogP contribution is -2.25. The summed E-state index contributed by atoms with van der Waals surface area (Å²) >= 11 is 17.6. The summed E-state index contributed by atoms with van der Waals surface area (Å²) in [6.07, 6.45) is 10.2. The Balaban J connectivity index is 0.000000299. The van der Waals surface area contributed by atoms with Crippen molar-refractivity contribution in [3.8, 4) is 11.5 Å². The van der Waals surface area contributed by atoms with Gasteiger partial charge in [0.05, 0.1) is 65.3 Å². The number of nitro benzene ring substituents is 1. The lowest BCUT2D eigenvalue weighted by Gasteiger charge is -2.14. The van der Waals surface area contributed by atoms with Crippen molar-refractivity contribution in [2.45, 2.75) is 23.7 Å². The molecule has 0 saturated heterocycles. The van der Waals surface area contributed by atoms with Gasteiger partial charge in [0.2, 0.25) is 0 Å². The van der Waals surface area contributed by atoms with Gasteiger partial charge >= 0.3 is 11.9 Å². The molecule has 0 spiro atoms. The van der Waals surface area contributed by atoms with E-state index < -0.39 is 52.9 Å². The van der Waals surface area contributed by atoms with Crippen LogP contribution in [0.1, 0.15) is 50.8 Å². The molecule has 0 bridgehead atoms. The molecular weight excluding hydrogens is 876 g/mol. The van der Waals surface area contributed by atoms with E-state index in [1.165, 1.54) is 42.6 Å². The van der Waals surface area contributed by atoms with Crippen molar-refractivity contribution >= 4 is 86.5 Å². The minimum atomic E-state index is -4.35. The van der Waals surface area contributed by atoms with Gasteiger partial charge < -0.3 is 33.5 Å². The molecule has 1 aliphatic rings. The highest BCUT2D eigenvalue weighted by Gasteiger charge is 2.34. The largest absolute Gasteiger partial charge is 0.778 e. The molecule has 1 saturated carbocycles. The number of carbonyl (C=O) groups excluding carboxylic acids is 2. The number of carboxylic acids is 1. The zero-order valence-electron chi connectivity index (χ0n) is 30.8. The predicted molar refractivity (Wildman–Crippen MR) is 213 cm³/mol. The molecule has 1 aromatic heterocycles. The van der Waals surface area contributed by atoms with Crippen LogP contribution < -0.4 is 14.9 Å². The van der Waals surface area contributed by atoms with Crippen molar-refractivity contribution in [1.82, 2.24) is 10.5 Å². The highest BCUT2D eigenvalue weighted by molar-refractivity contribution is 7.94. The van der Waals surface area contributed by atoms with Crippen LogP contribution in [0.3, 0.4) is 0 Å². The Morgan fingerprint density at radius 3 is 2.12 bits per heavy atom. The molecule has 5 rings (SSSR count). The molecular formula is C34H37Cl3N3O14PS2. The molecule has 1 unspecified atom stereocenters. The molecule has 0 amide bonds. The minimum Gasteiger partial charge on any atom is -0.778 e. The number of rotatable bonds is 12. The predicted octanol–water partition coefficient (Wildman–Crippen LogP) is 5.98. The number of esters is 1. The number of aliphatic carboxylic acids is 1. The van der Waals surface area contributed by atoms with Crippen molar-refractivity contribution in [3.05, 3.63) is 108 Å². The third-order valence-electron chi connectivity index (χ3n) is 6.66. The van der Waals surface area contributed by atoms with Crippen LogP contribution in [0, 0.1) is 10.1 Å². The van der Waals surface area contributed by atoms with Crippen LogP contribution in [0.15, 0.2) is 70.2 Å². The normalized spacial score (nSPS) is 13.0. The molecule has 310 valence electrons. The molecule has 1 heterocycles. The van der Waals surface area contributed by atoms with Crippen molar-refractivity contribution in [2.75, 3.05) is 45.0 Å². The van der Waals surface area contributed by atoms with Gasteiger partial charge in [-0.2, -0.15) is 0 Å². The second-order valence-electron chi connectivity index (χ2n) is 12.1. The Morgan fingerprint density at radius 1 is 1.02 bits per heavy atom. The number of carbonyl (C=O) groups is 3. The molecule has 57 heavy (non-hydrogen) atoms. The SMILES string of the molecule is COC(=O)c1cc(Oc2ccc(Cl)cc2Cl)ccc1[N+](=O)[O-].CS(=O)(=O)c1cc(Cl)ccc1C(=O)c1cnoc1C1CC1.C[S+](C)C.O=C(O)CNCP(=O)([O-])O. The van der Waals surface area contributed by atoms with Crippen molar-refractivity contribution in [1.29, 1.82) is 0 Å². The van der Waals surface area contributed by atoms with E-state index in [0.29, 0.717) is 33.0 Å². The fourth-order valence-corrected chi connectivity index (χ4v) is 6.17.